The summed E-state index contributed by atoms with van der Waals surface area (Å²) in [6.07, 6.45) is 7.44. The van der Waals surface area contributed by atoms with Gasteiger partial charge in [0.1, 0.15) is 0 Å². The maximum atomic E-state index is 4.01. The van der Waals surface area contributed by atoms with Crippen molar-refractivity contribution in [2.45, 2.75) is 20.8 Å². The van der Waals surface area contributed by atoms with Crippen LogP contribution in [0.1, 0.15) is 26.3 Å². The molecule has 1 aromatic rings. The molecule has 1 aromatic heterocycles. The van der Waals surface area contributed by atoms with E-state index in [4.69, 9.17) is 0 Å². The van der Waals surface area contributed by atoms with Crippen molar-refractivity contribution >= 4 is 5.57 Å². The van der Waals surface area contributed by atoms with Crippen LogP contribution < -0.4 is 0 Å². The monoisotopic (exact) mass is 175 g/mol. The fraction of sp³-hybridized carbons (Fsp3) is 0.250. The molecular formula is C12H17N. The van der Waals surface area contributed by atoms with E-state index in [-0.39, 0.29) is 0 Å². The number of hydrogen-bond donors (Lipinski definition) is 0. The molecule has 1 nitrogen and oxygen atoms in total. The number of hydrogen-bond acceptors (Lipinski definition) is 1. The maximum absolute atomic E-state index is 4.01. The quantitative estimate of drug-likeness (QED) is 0.624. The highest BCUT2D eigenvalue weighted by atomic mass is 14.6. The average molecular weight is 175 g/mol. The Balaban J connectivity index is 0.000000671. The Morgan fingerprint density at radius 1 is 1.46 bits per heavy atom. The maximum Gasteiger partial charge on any atom is 0.0346 e. The first-order valence-electron chi connectivity index (χ1n) is 4.57. The van der Waals surface area contributed by atoms with Gasteiger partial charge in [-0.15, -0.1) is 0 Å². The zero-order chi connectivity index (χ0) is 10.1. The van der Waals surface area contributed by atoms with Crippen molar-refractivity contribution in [2.75, 3.05) is 0 Å². The molecule has 0 aliphatic heterocycles. The third-order valence-corrected chi connectivity index (χ3v) is 1.53. The highest BCUT2D eigenvalue weighted by molar-refractivity contribution is 5.72. The Morgan fingerprint density at radius 2 is 2.15 bits per heavy atom. The molecule has 0 amide bonds. The minimum Gasteiger partial charge on any atom is -0.264 e. The molecule has 70 valence electrons. The van der Waals surface area contributed by atoms with Gasteiger partial charge in [0.15, 0.2) is 0 Å². The fourth-order valence-corrected chi connectivity index (χ4v) is 0.936. The van der Waals surface area contributed by atoms with E-state index in [9.17, 15) is 0 Å². The van der Waals surface area contributed by atoms with E-state index in [1.54, 1.807) is 6.20 Å². The summed E-state index contributed by atoms with van der Waals surface area (Å²) in [6.45, 7) is 9.70. The van der Waals surface area contributed by atoms with E-state index in [0.29, 0.717) is 0 Å². The molecule has 0 unspecified atom stereocenters. The Labute approximate surface area is 80.8 Å². The van der Waals surface area contributed by atoms with Gasteiger partial charge in [0.25, 0.3) is 0 Å². The van der Waals surface area contributed by atoms with Gasteiger partial charge in [-0.1, -0.05) is 38.6 Å². The summed E-state index contributed by atoms with van der Waals surface area (Å²) >= 11 is 0. The zero-order valence-corrected chi connectivity index (χ0v) is 8.62. The lowest BCUT2D eigenvalue weighted by molar-refractivity contribution is 1.31. The second-order valence-electron chi connectivity index (χ2n) is 2.19. The Bertz CT molecular complexity index is 260. The predicted octanol–water partition coefficient (Wildman–Crippen LogP) is 3.70. The Hall–Kier alpha value is -1.37. The molecule has 0 atom stereocenters. The van der Waals surface area contributed by atoms with Crippen molar-refractivity contribution in [1.82, 2.24) is 4.98 Å². The van der Waals surface area contributed by atoms with Gasteiger partial charge in [0.05, 0.1) is 0 Å². The molecule has 0 radical (unpaired) electrons. The van der Waals surface area contributed by atoms with Crippen LogP contribution >= 0.6 is 0 Å². The van der Waals surface area contributed by atoms with E-state index >= 15 is 0 Å². The van der Waals surface area contributed by atoms with Crippen LogP contribution in [0.5, 0.6) is 0 Å². The van der Waals surface area contributed by atoms with Crippen molar-refractivity contribution in [1.29, 1.82) is 0 Å². The van der Waals surface area contributed by atoms with Gasteiger partial charge in [-0.05, 0) is 24.1 Å². The minimum atomic E-state index is 1.12. The molecule has 13 heavy (non-hydrogen) atoms. The number of pyridine rings is 1. The molecule has 0 spiro atoms. The first-order valence-corrected chi connectivity index (χ1v) is 4.57. The molecule has 0 aliphatic rings. The number of rotatable bonds is 2. The molecule has 0 saturated carbocycles. The standard InChI is InChI=1S/C10H11N.C2H6/c1-3-9(4-2)10-6-5-7-11-8-10;1-2/h3-8H,1H2,2H3;1-2H3/b9-4+;. The van der Waals surface area contributed by atoms with Gasteiger partial charge < -0.3 is 0 Å². The Morgan fingerprint density at radius 3 is 2.54 bits per heavy atom. The van der Waals surface area contributed by atoms with E-state index < -0.39 is 0 Å². The number of allylic oxidation sites excluding steroid dienone is 3. The summed E-state index contributed by atoms with van der Waals surface area (Å²) < 4.78 is 0. The van der Waals surface area contributed by atoms with Gasteiger partial charge in [-0.2, -0.15) is 0 Å². The summed E-state index contributed by atoms with van der Waals surface area (Å²) in [5.41, 5.74) is 2.24. The highest BCUT2D eigenvalue weighted by Crippen LogP contribution is 2.12. The highest BCUT2D eigenvalue weighted by Gasteiger charge is 1.92. The molecule has 0 N–H and O–H groups in total. The van der Waals surface area contributed by atoms with Crippen molar-refractivity contribution in [3.05, 3.63) is 48.8 Å². The van der Waals surface area contributed by atoms with Crippen LogP contribution in [0.4, 0.5) is 0 Å². The lowest BCUT2D eigenvalue weighted by Gasteiger charge is -1.97. The number of nitrogens with zero attached hydrogens (tertiary/aromatic N) is 1. The molecule has 1 rings (SSSR count). The molecule has 0 saturated heterocycles. The largest absolute Gasteiger partial charge is 0.264 e. The minimum absolute atomic E-state index is 1.12. The van der Waals surface area contributed by atoms with Crippen molar-refractivity contribution in [3.63, 3.8) is 0 Å². The van der Waals surface area contributed by atoms with Gasteiger partial charge in [0, 0.05) is 12.4 Å². The van der Waals surface area contributed by atoms with Gasteiger partial charge in [-0.25, -0.2) is 0 Å². The summed E-state index contributed by atoms with van der Waals surface area (Å²) in [6, 6.07) is 3.94. The van der Waals surface area contributed by atoms with Crippen LogP contribution in [0.15, 0.2) is 43.3 Å². The van der Waals surface area contributed by atoms with Crippen LogP contribution in [0, 0.1) is 0 Å². The molecule has 0 aromatic carbocycles. The number of aromatic nitrogens is 1. The molecule has 1 heteroatoms. The lowest BCUT2D eigenvalue weighted by atomic mass is 10.1. The summed E-state index contributed by atoms with van der Waals surface area (Å²) in [7, 11) is 0. The zero-order valence-electron chi connectivity index (χ0n) is 8.62. The molecule has 0 fully saturated rings. The lowest BCUT2D eigenvalue weighted by Crippen LogP contribution is -1.80. The third kappa shape index (κ3) is 3.70. The van der Waals surface area contributed by atoms with Crippen molar-refractivity contribution in [2.24, 2.45) is 0 Å². The van der Waals surface area contributed by atoms with Crippen molar-refractivity contribution < 1.29 is 0 Å². The van der Waals surface area contributed by atoms with Gasteiger partial charge in [-0.3, -0.25) is 4.98 Å². The summed E-state index contributed by atoms with van der Waals surface area (Å²) in [4.78, 5) is 4.01. The van der Waals surface area contributed by atoms with E-state index in [2.05, 4.69) is 11.6 Å². The summed E-state index contributed by atoms with van der Waals surface area (Å²) in [5, 5.41) is 0. The SMILES string of the molecule is C=C/C(=C\C)c1cccnc1.CC. The van der Waals surface area contributed by atoms with Gasteiger partial charge in [0.2, 0.25) is 0 Å². The molecular weight excluding hydrogens is 158 g/mol. The molecule has 1 heterocycles. The predicted molar refractivity (Wildman–Crippen MR) is 59.4 cm³/mol. The molecule has 0 aliphatic carbocycles. The van der Waals surface area contributed by atoms with Crippen LogP contribution in [0.25, 0.3) is 5.57 Å². The Kier molecular flexibility index (Phi) is 6.52. The van der Waals surface area contributed by atoms with E-state index in [1.807, 2.05) is 51.3 Å². The average Bonchev–Trinajstić information content (AvgIpc) is 2.24. The fourth-order valence-electron chi connectivity index (χ4n) is 0.936. The van der Waals surface area contributed by atoms with Crippen LogP contribution in [0.2, 0.25) is 0 Å². The normalized spacial score (nSPS) is 9.92. The van der Waals surface area contributed by atoms with Gasteiger partial charge >= 0.3 is 0 Å². The topological polar surface area (TPSA) is 12.9 Å². The second kappa shape index (κ2) is 7.29. The van der Waals surface area contributed by atoms with E-state index in [1.165, 1.54) is 0 Å². The van der Waals surface area contributed by atoms with Crippen LogP contribution in [0.3, 0.4) is 0 Å². The van der Waals surface area contributed by atoms with E-state index in [0.717, 1.165) is 11.1 Å². The first-order chi connectivity index (χ1) is 6.38. The van der Waals surface area contributed by atoms with Crippen molar-refractivity contribution in [3.8, 4) is 0 Å². The third-order valence-electron chi connectivity index (χ3n) is 1.53. The smallest absolute Gasteiger partial charge is 0.0346 e. The second-order valence-corrected chi connectivity index (χ2v) is 2.19. The van der Waals surface area contributed by atoms with Crippen LogP contribution in [-0.2, 0) is 0 Å². The first kappa shape index (κ1) is 11.6. The van der Waals surface area contributed by atoms with Crippen LogP contribution in [-0.4, -0.2) is 4.98 Å². The summed E-state index contributed by atoms with van der Waals surface area (Å²) in [5.74, 6) is 0. The molecule has 0 bridgehead atoms.